The van der Waals surface area contributed by atoms with E-state index in [-0.39, 0.29) is 30.0 Å². The zero-order valence-corrected chi connectivity index (χ0v) is 25.4. The van der Waals surface area contributed by atoms with Gasteiger partial charge in [0.15, 0.2) is 0 Å². The Bertz CT molecular complexity index is 1590. The molecule has 1 atom stereocenters. The summed E-state index contributed by atoms with van der Waals surface area (Å²) in [7, 11) is 0. The molecule has 3 aromatic rings. The van der Waals surface area contributed by atoms with E-state index in [0.29, 0.717) is 42.1 Å². The highest BCUT2D eigenvalue weighted by atomic mass is 35.5. The molecule has 238 valence electrons. The van der Waals surface area contributed by atoms with E-state index in [1.54, 1.807) is 24.3 Å². The highest BCUT2D eigenvalue weighted by molar-refractivity contribution is 7.98. The Hall–Kier alpha value is -4.07. The number of hydrazone groups is 1. The van der Waals surface area contributed by atoms with Gasteiger partial charge in [-0.3, -0.25) is 14.4 Å². The minimum atomic E-state index is -4.68. The van der Waals surface area contributed by atoms with Crippen LogP contribution in [0, 0.1) is 5.92 Å². The summed E-state index contributed by atoms with van der Waals surface area (Å²) in [5.41, 5.74) is 3.22. The van der Waals surface area contributed by atoms with Crippen LogP contribution >= 0.6 is 23.4 Å². The van der Waals surface area contributed by atoms with Crippen molar-refractivity contribution in [2.24, 2.45) is 11.0 Å². The molecule has 0 aromatic heterocycles. The van der Waals surface area contributed by atoms with E-state index in [2.05, 4.69) is 15.8 Å². The lowest BCUT2D eigenvalue weighted by Crippen LogP contribution is -2.38. The molecule has 1 aliphatic heterocycles. The third-order valence-corrected chi connectivity index (χ3v) is 8.34. The summed E-state index contributed by atoms with van der Waals surface area (Å²) >= 11 is 7.19. The second kappa shape index (κ2) is 15.3. The van der Waals surface area contributed by atoms with E-state index >= 15 is 0 Å². The number of aliphatic hydroxyl groups excluding tert-OH is 1. The minimum Gasteiger partial charge on any atom is -0.481 e. The molecule has 0 saturated carbocycles. The van der Waals surface area contributed by atoms with Gasteiger partial charge in [-0.15, -0.1) is 0 Å². The van der Waals surface area contributed by atoms with Crippen LogP contribution in [0.5, 0.6) is 0 Å². The van der Waals surface area contributed by atoms with Gasteiger partial charge >= 0.3 is 12.1 Å². The highest BCUT2D eigenvalue weighted by Crippen LogP contribution is 2.35. The molecule has 45 heavy (non-hydrogen) atoms. The second-order valence-electron chi connectivity index (χ2n) is 10.2. The third kappa shape index (κ3) is 9.22. The topological polar surface area (TPSA) is 131 Å². The van der Waals surface area contributed by atoms with Crippen LogP contribution in [0.3, 0.4) is 0 Å². The van der Waals surface area contributed by atoms with Crippen molar-refractivity contribution >= 4 is 58.7 Å². The van der Waals surface area contributed by atoms with Gasteiger partial charge in [0.05, 0.1) is 40.6 Å². The zero-order valence-electron chi connectivity index (χ0n) is 23.8. The predicted octanol–water partition coefficient (Wildman–Crippen LogP) is 5.90. The van der Waals surface area contributed by atoms with Gasteiger partial charge in [0.2, 0.25) is 0 Å². The number of carbonyl (C=O) groups excluding carboxylic acids is 2. The zero-order chi connectivity index (χ0) is 32.6. The van der Waals surface area contributed by atoms with Crippen LogP contribution in [0.4, 0.5) is 24.5 Å². The number of thioether (sulfide) groups is 1. The van der Waals surface area contributed by atoms with E-state index in [1.165, 1.54) is 30.0 Å². The number of hydrogen-bond acceptors (Lipinski definition) is 7. The number of benzene rings is 3. The molecule has 1 saturated heterocycles. The maximum atomic E-state index is 13.3. The number of carboxylic acids is 1. The first-order chi connectivity index (χ1) is 21.5. The molecule has 4 N–H and O–H groups in total. The van der Waals surface area contributed by atoms with Gasteiger partial charge < -0.3 is 20.4 Å². The summed E-state index contributed by atoms with van der Waals surface area (Å²) in [6.07, 6.45) is -2.48. The number of carbonyl (C=O) groups is 3. The fourth-order valence-electron chi connectivity index (χ4n) is 4.76. The highest BCUT2D eigenvalue weighted by Gasteiger charge is 2.33. The molecule has 1 heterocycles. The molecule has 9 nitrogen and oxygen atoms in total. The fourth-order valence-corrected chi connectivity index (χ4v) is 5.67. The van der Waals surface area contributed by atoms with Crippen LogP contribution in [0.25, 0.3) is 0 Å². The van der Waals surface area contributed by atoms with E-state index in [0.717, 1.165) is 23.9 Å². The summed E-state index contributed by atoms with van der Waals surface area (Å²) in [6, 6.07) is 14.8. The summed E-state index contributed by atoms with van der Waals surface area (Å²) in [5.74, 6) is -1.59. The predicted molar refractivity (Wildman–Crippen MR) is 168 cm³/mol. The first kappa shape index (κ1) is 33.8. The van der Waals surface area contributed by atoms with Crippen molar-refractivity contribution < 1.29 is 37.8 Å². The molecule has 4 rings (SSSR count). The number of amides is 2. The standard InChI is InChI=1S/C31H30ClF3N4O5S/c32-26-8-6-19(14-25(26)31(33,34)35)16-36-38-29(42)24-15-23(39-10-2-5-22(17-39)30(43)44)7-9-27(24)37-28(41)21-4-1-3-20(13-21)18-45-12-11-40/h1,3-4,6-9,13-16,22,40H,2,5,10-12,17-18H2,(H,37,41)(H,38,42)(H,43,44)/b36-16-. The van der Waals surface area contributed by atoms with Crippen molar-refractivity contribution in [2.75, 3.05) is 35.7 Å². The van der Waals surface area contributed by atoms with Crippen LogP contribution < -0.4 is 15.6 Å². The number of alkyl halides is 3. The Morgan fingerprint density at radius 1 is 1.09 bits per heavy atom. The van der Waals surface area contributed by atoms with Gasteiger partial charge in [0.1, 0.15) is 0 Å². The molecule has 0 bridgehead atoms. The molecule has 2 amide bonds. The van der Waals surface area contributed by atoms with Crippen molar-refractivity contribution in [3.05, 3.63) is 93.5 Å². The maximum Gasteiger partial charge on any atom is 0.417 e. The van der Waals surface area contributed by atoms with Crippen LogP contribution in [0.15, 0.2) is 65.8 Å². The summed E-state index contributed by atoms with van der Waals surface area (Å²) in [4.78, 5) is 40.0. The smallest absolute Gasteiger partial charge is 0.417 e. The summed E-state index contributed by atoms with van der Waals surface area (Å²) in [6.45, 7) is 0.839. The molecular formula is C31H30ClF3N4O5S. The normalized spacial score (nSPS) is 15.2. The van der Waals surface area contributed by atoms with Gasteiger partial charge in [-0.05, 0) is 66.4 Å². The molecule has 0 spiro atoms. The van der Waals surface area contributed by atoms with Gasteiger partial charge in [-0.1, -0.05) is 29.8 Å². The van der Waals surface area contributed by atoms with Gasteiger partial charge in [0.25, 0.3) is 11.8 Å². The van der Waals surface area contributed by atoms with Crippen molar-refractivity contribution in [1.29, 1.82) is 0 Å². The average molecular weight is 663 g/mol. The number of carboxylic acid groups (broad SMARTS) is 1. The van der Waals surface area contributed by atoms with Gasteiger partial charge in [0, 0.05) is 35.8 Å². The first-order valence-corrected chi connectivity index (χ1v) is 15.4. The molecule has 0 aliphatic carbocycles. The van der Waals surface area contributed by atoms with Crippen LogP contribution in [0.2, 0.25) is 5.02 Å². The van der Waals surface area contributed by atoms with Crippen LogP contribution in [-0.4, -0.2) is 59.7 Å². The lowest BCUT2D eigenvalue weighted by Gasteiger charge is -2.33. The molecule has 1 unspecified atom stereocenters. The lowest BCUT2D eigenvalue weighted by atomic mass is 9.97. The number of hydrogen-bond donors (Lipinski definition) is 4. The number of aliphatic carboxylic acids is 1. The molecule has 0 radical (unpaired) electrons. The van der Waals surface area contributed by atoms with Crippen molar-refractivity contribution in [2.45, 2.75) is 24.8 Å². The molecule has 1 aliphatic rings. The van der Waals surface area contributed by atoms with Crippen LogP contribution in [-0.2, 0) is 16.7 Å². The molecule has 1 fully saturated rings. The summed E-state index contributed by atoms with van der Waals surface area (Å²) in [5, 5.41) is 24.6. The number of anilines is 2. The fraction of sp³-hybridized carbons (Fsp3) is 0.290. The quantitative estimate of drug-likeness (QED) is 0.114. The van der Waals surface area contributed by atoms with Gasteiger partial charge in [-0.2, -0.15) is 30.0 Å². The van der Waals surface area contributed by atoms with Crippen molar-refractivity contribution in [1.82, 2.24) is 5.43 Å². The van der Waals surface area contributed by atoms with E-state index in [9.17, 15) is 32.7 Å². The number of nitrogens with one attached hydrogen (secondary N) is 2. The Kier molecular flexibility index (Phi) is 11.5. The number of halogens is 4. The molecule has 14 heteroatoms. The lowest BCUT2D eigenvalue weighted by molar-refractivity contribution is -0.142. The minimum absolute atomic E-state index is 0.0113. The van der Waals surface area contributed by atoms with Crippen molar-refractivity contribution in [3.63, 3.8) is 0 Å². The SMILES string of the molecule is O=C(Nc1ccc(N2CCCC(C(=O)O)C2)cc1C(=O)N/N=C\c1ccc(Cl)c(C(F)(F)F)c1)c1cccc(CSCCO)c1. The number of nitrogens with zero attached hydrogens (tertiary/aromatic N) is 2. The third-order valence-electron chi connectivity index (χ3n) is 7.00. The summed E-state index contributed by atoms with van der Waals surface area (Å²) < 4.78 is 39.7. The van der Waals surface area contributed by atoms with E-state index in [1.807, 2.05) is 11.0 Å². The van der Waals surface area contributed by atoms with E-state index < -0.39 is 40.5 Å². The maximum absolute atomic E-state index is 13.3. The largest absolute Gasteiger partial charge is 0.481 e. The van der Waals surface area contributed by atoms with Gasteiger partial charge in [-0.25, -0.2) is 5.43 Å². The molecular weight excluding hydrogens is 633 g/mol. The Morgan fingerprint density at radius 2 is 1.89 bits per heavy atom. The Balaban J connectivity index is 1.59. The van der Waals surface area contributed by atoms with Crippen LogP contribution in [0.1, 0.15) is 50.2 Å². The average Bonchev–Trinajstić information content (AvgIpc) is 3.01. The second-order valence-corrected chi connectivity index (χ2v) is 11.7. The Morgan fingerprint density at radius 3 is 2.62 bits per heavy atom. The first-order valence-electron chi connectivity index (χ1n) is 13.9. The monoisotopic (exact) mass is 662 g/mol. The molecule has 3 aromatic carbocycles. The number of aliphatic hydroxyl groups is 1. The van der Waals surface area contributed by atoms with Crippen molar-refractivity contribution in [3.8, 4) is 0 Å². The Labute approximate surface area is 266 Å². The van der Waals surface area contributed by atoms with E-state index in [4.69, 9.17) is 16.7 Å². The number of piperidine rings is 1. The number of rotatable bonds is 11.